The van der Waals surface area contributed by atoms with Crippen LogP contribution in [0.25, 0.3) is 11.4 Å². The topological polar surface area (TPSA) is 93.6 Å². The van der Waals surface area contributed by atoms with Crippen LogP contribution in [0.2, 0.25) is 0 Å². The first-order valence-electron chi connectivity index (χ1n) is 7.50. The van der Waals surface area contributed by atoms with E-state index in [0.29, 0.717) is 17.8 Å². The number of nitrogens with one attached hydrogen (secondary N) is 1. The minimum absolute atomic E-state index is 0.0767. The maximum atomic E-state index is 12.3. The first kappa shape index (κ1) is 15.7. The first-order chi connectivity index (χ1) is 11.7. The van der Waals surface area contributed by atoms with E-state index < -0.39 is 0 Å². The third-order valence-corrected chi connectivity index (χ3v) is 3.34. The molecule has 1 atom stereocenters. The van der Waals surface area contributed by atoms with Crippen LogP contribution in [-0.2, 0) is 6.42 Å². The van der Waals surface area contributed by atoms with Gasteiger partial charge in [-0.2, -0.15) is 0 Å². The third-order valence-electron chi connectivity index (χ3n) is 3.34. The van der Waals surface area contributed by atoms with Crippen LogP contribution in [0.1, 0.15) is 23.0 Å². The second kappa shape index (κ2) is 7.36. The number of hydrogen-bond acceptors (Lipinski definition) is 6. The molecule has 0 aliphatic rings. The Labute approximate surface area is 139 Å². The van der Waals surface area contributed by atoms with E-state index in [-0.39, 0.29) is 11.9 Å². The van der Waals surface area contributed by atoms with Crippen LogP contribution in [0.15, 0.2) is 55.5 Å². The summed E-state index contributed by atoms with van der Waals surface area (Å²) in [5, 5.41) is 2.90. The molecule has 0 aliphatic carbocycles. The zero-order chi connectivity index (χ0) is 16.8. The molecule has 0 bridgehead atoms. The summed E-state index contributed by atoms with van der Waals surface area (Å²) >= 11 is 0. The number of pyridine rings is 1. The number of carbonyl (C=O) groups excluding carboxylic acids is 1. The fourth-order valence-corrected chi connectivity index (χ4v) is 2.20. The highest BCUT2D eigenvalue weighted by Gasteiger charge is 2.12. The summed E-state index contributed by atoms with van der Waals surface area (Å²) < 4.78 is 0. The van der Waals surface area contributed by atoms with Crippen LogP contribution in [0.4, 0.5) is 0 Å². The van der Waals surface area contributed by atoms with Gasteiger partial charge in [0, 0.05) is 61.4 Å². The molecule has 7 heteroatoms. The van der Waals surface area contributed by atoms with E-state index in [2.05, 4.69) is 30.2 Å². The summed E-state index contributed by atoms with van der Waals surface area (Å²) in [6, 6.07) is 3.60. The van der Waals surface area contributed by atoms with Crippen molar-refractivity contribution in [3.05, 3.63) is 66.8 Å². The van der Waals surface area contributed by atoms with Crippen LogP contribution in [0, 0.1) is 0 Å². The third kappa shape index (κ3) is 3.95. The van der Waals surface area contributed by atoms with Crippen molar-refractivity contribution in [1.82, 2.24) is 30.2 Å². The molecule has 3 aromatic heterocycles. The van der Waals surface area contributed by atoms with Gasteiger partial charge in [0.1, 0.15) is 0 Å². The lowest BCUT2D eigenvalue weighted by molar-refractivity contribution is 0.0939. The van der Waals surface area contributed by atoms with Gasteiger partial charge in [-0.05, 0) is 19.1 Å². The van der Waals surface area contributed by atoms with Crippen molar-refractivity contribution < 1.29 is 4.79 Å². The van der Waals surface area contributed by atoms with E-state index >= 15 is 0 Å². The first-order valence-corrected chi connectivity index (χ1v) is 7.50. The molecule has 3 heterocycles. The summed E-state index contributed by atoms with van der Waals surface area (Å²) in [5.74, 6) is 0.316. The number of rotatable bonds is 5. The van der Waals surface area contributed by atoms with Gasteiger partial charge in [-0.3, -0.25) is 19.7 Å². The average molecular weight is 320 g/mol. The molecule has 0 spiro atoms. The van der Waals surface area contributed by atoms with Gasteiger partial charge in [0.2, 0.25) is 0 Å². The van der Waals surface area contributed by atoms with Crippen molar-refractivity contribution in [3.8, 4) is 11.4 Å². The Kier molecular flexibility index (Phi) is 4.81. The highest BCUT2D eigenvalue weighted by atomic mass is 16.1. The van der Waals surface area contributed by atoms with Crippen LogP contribution in [0.5, 0.6) is 0 Å². The number of nitrogens with zero attached hydrogens (tertiary/aromatic N) is 5. The predicted octanol–water partition coefficient (Wildman–Crippen LogP) is 1.69. The highest BCUT2D eigenvalue weighted by Crippen LogP contribution is 2.12. The molecule has 3 rings (SSSR count). The van der Waals surface area contributed by atoms with Gasteiger partial charge >= 0.3 is 0 Å². The lowest BCUT2D eigenvalue weighted by Crippen LogP contribution is -2.34. The molecule has 1 amide bonds. The molecule has 0 unspecified atom stereocenters. The van der Waals surface area contributed by atoms with Gasteiger partial charge in [-0.15, -0.1) is 0 Å². The Morgan fingerprint density at radius 1 is 1.04 bits per heavy atom. The van der Waals surface area contributed by atoms with Gasteiger partial charge in [0.15, 0.2) is 5.82 Å². The van der Waals surface area contributed by atoms with E-state index in [1.54, 1.807) is 31.0 Å². The van der Waals surface area contributed by atoms with Crippen molar-refractivity contribution in [2.75, 3.05) is 0 Å². The Morgan fingerprint density at radius 3 is 2.50 bits per heavy atom. The molecule has 0 saturated heterocycles. The van der Waals surface area contributed by atoms with Crippen molar-refractivity contribution in [2.45, 2.75) is 19.4 Å². The van der Waals surface area contributed by atoms with Gasteiger partial charge in [0.05, 0.1) is 11.3 Å². The molecular formula is C17H16N6O. The summed E-state index contributed by atoms with van der Waals surface area (Å²) in [4.78, 5) is 32.9. The van der Waals surface area contributed by atoms with Gasteiger partial charge in [0.25, 0.3) is 5.91 Å². The lowest BCUT2D eigenvalue weighted by Gasteiger charge is -2.13. The van der Waals surface area contributed by atoms with Crippen LogP contribution < -0.4 is 5.32 Å². The maximum absolute atomic E-state index is 12.3. The fraction of sp³-hybridized carbons (Fsp3) is 0.176. The van der Waals surface area contributed by atoms with Crippen molar-refractivity contribution in [1.29, 1.82) is 0 Å². The minimum Gasteiger partial charge on any atom is -0.349 e. The predicted molar refractivity (Wildman–Crippen MR) is 87.9 cm³/mol. The molecule has 0 aromatic carbocycles. The molecule has 1 N–H and O–H groups in total. The van der Waals surface area contributed by atoms with E-state index in [1.807, 2.05) is 19.1 Å². The standard InChI is InChI=1S/C17H16N6O/c1-12(7-15-11-19-5-6-20-15)23-17(24)14-9-21-16(22-10-14)13-3-2-4-18-8-13/h2-6,8-12H,7H2,1H3,(H,23,24)/t12-/m0/s1. The van der Waals surface area contributed by atoms with Crippen molar-refractivity contribution in [2.24, 2.45) is 0 Å². The molecule has 0 aliphatic heterocycles. The quantitative estimate of drug-likeness (QED) is 0.769. The smallest absolute Gasteiger partial charge is 0.254 e. The van der Waals surface area contributed by atoms with Crippen LogP contribution in [-0.4, -0.2) is 36.9 Å². The average Bonchev–Trinajstić information content (AvgIpc) is 2.63. The van der Waals surface area contributed by atoms with Crippen LogP contribution >= 0.6 is 0 Å². The lowest BCUT2D eigenvalue weighted by atomic mass is 10.1. The van der Waals surface area contributed by atoms with Crippen LogP contribution in [0.3, 0.4) is 0 Å². The van der Waals surface area contributed by atoms with Gasteiger partial charge < -0.3 is 5.32 Å². The Morgan fingerprint density at radius 2 is 1.83 bits per heavy atom. The number of aromatic nitrogens is 5. The summed E-state index contributed by atoms with van der Waals surface area (Å²) in [5.41, 5.74) is 2.04. The van der Waals surface area contributed by atoms with Crippen molar-refractivity contribution >= 4 is 5.91 Å². The van der Waals surface area contributed by atoms with Crippen molar-refractivity contribution in [3.63, 3.8) is 0 Å². The summed E-state index contributed by atoms with van der Waals surface area (Å²) in [7, 11) is 0. The maximum Gasteiger partial charge on any atom is 0.254 e. The van der Waals surface area contributed by atoms with E-state index in [9.17, 15) is 4.79 Å². The fourth-order valence-electron chi connectivity index (χ4n) is 2.20. The molecule has 0 fully saturated rings. The number of carbonyl (C=O) groups is 1. The zero-order valence-corrected chi connectivity index (χ0v) is 13.1. The van der Waals surface area contributed by atoms with Gasteiger partial charge in [-0.1, -0.05) is 0 Å². The highest BCUT2D eigenvalue weighted by molar-refractivity contribution is 5.93. The SMILES string of the molecule is C[C@@H](Cc1cnccn1)NC(=O)c1cnc(-c2cccnc2)nc1. The molecular weight excluding hydrogens is 304 g/mol. The summed E-state index contributed by atoms with van der Waals surface area (Å²) in [6.45, 7) is 1.91. The largest absolute Gasteiger partial charge is 0.349 e. The number of amides is 1. The van der Waals surface area contributed by atoms with Gasteiger partial charge in [-0.25, -0.2) is 9.97 Å². The second-order valence-electron chi connectivity index (χ2n) is 5.31. The summed E-state index contributed by atoms with van der Waals surface area (Å²) in [6.07, 6.45) is 11.9. The Bertz CT molecular complexity index is 792. The van der Waals surface area contributed by atoms with E-state index in [1.165, 1.54) is 12.4 Å². The normalized spacial score (nSPS) is 11.7. The monoisotopic (exact) mass is 320 g/mol. The molecule has 120 valence electrons. The molecule has 0 saturated carbocycles. The molecule has 7 nitrogen and oxygen atoms in total. The zero-order valence-electron chi connectivity index (χ0n) is 13.1. The Balaban J connectivity index is 1.63. The second-order valence-corrected chi connectivity index (χ2v) is 5.31. The minimum atomic E-state index is -0.218. The molecule has 0 radical (unpaired) electrons. The molecule has 3 aromatic rings. The van der Waals surface area contributed by atoms with E-state index in [4.69, 9.17) is 0 Å². The molecule has 24 heavy (non-hydrogen) atoms. The Hall–Kier alpha value is -3.22. The van der Waals surface area contributed by atoms with E-state index in [0.717, 1.165) is 11.3 Å². The number of hydrogen-bond donors (Lipinski definition) is 1.